The van der Waals surface area contributed by atoms with Gasteiger partial charge in [-0.05, 0) is 0 Å². The maximum atomic E-state index is 10.3. The molecule has 0 aliphatic carbocycles. The highest BCUT2D eigenvalue weighted by atomic mass is 16.5. The second-order valence-corrected chi connectivity index (χ2v) is 2.64. The lowest BCUT2D eigenvalue weighted by atomic mass is 10.0. The number of aliphatic hydroxyl groups is 3. The zero-order chi connectivity index (χ0) is 9.30. The Bertz CT molecular complexity index is 181. The molecule has 1 fully saturated rings. The molecule has 12 heavy (non-hydrogen) atoms. The van der Waals surface area contributed by atoms with Crippen molar-refractivity contribution in [2.75, 3.05) is 6.61 Å². The Hall–Kier alpha value is -0.690. The highest BCUT2D eigenvalue weighted by Crippen LogP contribution is 2.15. The number of carboxylic acid groups (broad SMARTS) is 1. The quantitative estimate of drug-likeness (QED) is 0.355. The molecule has 0 spiro atoms. The monoisotopic (exact) mass is 178 g/mol. The van der Waals surface area contributed by atoms with Crippen LogP contribution in [0.4, 0.5) is 0 Å². The van der Waals surface area contributed by atoms with E-state index in [9.17, 15) is 4.79 Å². The van der Waals surface area contributed by atoms with Crippen LogP contribution in [0.25, 0.3) is 0 Å². The highest BCUT2D eigenvalue weighted by molar-refractivity contribution is 5.73. The third-order valence-corrected chi connectivity index (χ3v) is 1.74. The predicted octanol–water partition coefficient (Wildman–Crippen LogP) is -2.45. The van der Waals surface area contributed by atoms with Crippen LogP contribution in [-0.2, 0) is 9.53 Å². The van der Waals surface area contributed by atoms with Gasteiger partial charge < -0.3 is 25.2 Å². The Labute approximate surface area is 68.0 Å². The van der Waals surface area contributed by atoms with Gasteiger partial charge in [0.15, 0.2) is 6.10 Å². The average molecular weight is 178 g/mol. The number of aliphatic hydroxyl groups excluding tert-OH is 3. The van der Waals surface area contributed by atoms with E-state index in [-0.39, 0.29) is 6.61 Å². The molecule has 0 amide bonds. The second kappa shape index (κ2) is 3.36. The summed E-state index contributed by atoms with van der Waals surface area (Å²) in [5, 5.41) is 35.4. The fourth-order valence-electron chi connectivity index (χ4n) is 1.02. The summed E-state index contributed by atoms with van der Waals surface area (Å²) in [6, 6.07) is 0. The van der Waals surface area contributed by atoms with Gasteiger partial charge >= 0.3 is 5.97 Å². The SMILES string of the molecule is O=C(O)[C@H]1OC[C@H](O)[C@@H](O)[C@@H]1O. The molecule has 1 aliphatic heterocycles. The summed E-state index contributed by atoms with van der Waals surface area (Å²) in [4.78, 5) is 10.3. The minimum atomic E-state index is -1.58. The van der Waals surface area contributed by atoms with Gasteiger partial charge in [-0.15, -0.1) is 0 Å². The smallest absolute Gasteiger partial charge is 0.335 e. The third-order valence-electron chi connectivity index (χ3n) is 1.74. The van der Waals surface area contributed by atoms with E-state index in [1.54, 1.807) is 0 Å². The molecule has 0 radical (unpaired) electrons. The summed E-state index contributed by atoms with van der Waals surface area (Å²) in [6.07, 6.45) is -5.72. The van der Waals surface area contributed by atoms with Gasteiger partial charge in [0.25, 0.3) is 0 Å². The van der Waals surface area contributed by atoms with E-state index in [0.29, 0.717) is 0 Å². The lowest BCUT2D eigenvalue weighted by Crippen LogP contribution is -2.55. The van der Waals surface area contributed by atoms with Crippen molar-refractivity contribution in [2.24, 2.45) is 0 Å². The first-order valence-corrected chi connectivity index (χ1v) is 3.42. The van der Waals surface area contributed by atoms with Gasteiger partial charge in [-0.2, -0.15) is 0 Å². The first-order chi connectivity index (χ1) is 5.54. The molecule has 0 unspecified atom stereocenters. The van der Waals surface area contributed by atoms with Crippen LogP contribution < -0.4 is 0 Å². The number of aliphatic carboxylic acids is 1. The molecule has 0 aromatic heterocycles. The molecule has 1 aliphatic rings. The van der Waals surface area contributed by atoms with Crippen LogP contribution in [-0.4, -0.2) is 57.4 Å². The topological polar surface area (TPSA) is 107 Å². The Morgan fingerprint density at radius 1 is 1.25 bits per heavy atom. The molecule has 70 valence electrons. The van der Waals surface area contributed by atoms with Gasteiger partial charge in [-0.3, -0.25) is 0 Å². The van der Waals surface area contributed by atoms with E-state index >= 15 is 0 Å². The fourth-order valence-corrected chi connectivity index (χ4v) is 1.02. The van der Waals surface area contributed by atoms with Crippen LogP contribution in [0, 0.1) is 0 Å². The lowest BCUT2D eigenvalue weighted by Gasteiger charge is -2.32. The maximum absolute atomic E-state index is 10.3. The van der Waals surface area contributed by atoms with Gasteiger partial charge in [-0.25, -0.2) is 4.79 Å². The number of carbonyl (C=O) groups is 1. The van der Waals surface area contributed by atoms with Crippen molar-refractivity contribution >= 4 is 5.97 Å². The molecule has 6 nitrogen and oxygen atoms in total. The normalized spacial score (nSPS) is 42.6. The second-order valence-electron chi connectivity index (χ2n) is 2.64. The highest BCUT2D eigenvalue weighted by Gasteiger charge is 2.41. The minimum Gasteiger partial charge on any atom is -0.479 e. The summed E-state index contributed by atoms with van der Waals surface area (Å²) in [5.41, 5.74) is 0. The molecule has 1 saturated heterocycles. The fraction of sp³-hybridized carbons (Fsp3) is 0.833. The minimum absolute atomic E-state index is 0.283. The maximum Gasteiger partial charge on any atom is 0.335 e. The molecular formula is C6H10O6. The summed E-state index contributed by atoms with van der Waals surface area (Å²) >= 11 is 0. The van der Waals surface area contributed by atoms with Gasteiger partial charge in [0.2, 0.25) is 0 Å². The Morgan fingerprint density at radius 2 is 1.83 bits per heavy atom. The summed E-state index contributed by atoms with van der Waals surface area (Å²) in [7, 11) is 0. The number of rotatable bonds is 1. The Kier molecular flexibility index (Phi) is 2.63. The van der Waals surface area contributed by atoms with Crippen LogP contribution in [0.2, 0.25) is 0 Å². The van der Waals surface area contributed by atoms with Crippen molar-refractivity contribution in [2.45, 2.75) is 24.4 Å². The van der Waals surface area contributed by atoms with Crippen molar-refractivity contribution in [3.63, 3.8) is 0 Å². The van der Waals surface area contributed by atoms with Crippen LogP contribution in [0.15, 0.2) is 0 Å². The lowest BCUT2D eigenvalue weighted by molar-refractivity contribution is -0.201. The van der Waals surface area contributed by atoms with Gasteiger partial charge in [0.05, 0.1) is 6.61 Å². The molecule has 0 aromatic carbocycles. The number of carboxylic acids is 1. The van der Waals surface area contributed by atoms with E-state index < -0.39 is 30.4 Å². The van der Waals surface area contributed by atoms with E-state index in [1.165, 1.54) is 0 Å². The summed E-state index contributed by atoms with van der Waals surface area (Å²) < 4.78 is 4.57. The third kappa shape index (κ3) is 1.56. The zero-order valence-electron chi connectivity index (χ0n) is 6.12. The Morgan fingerprint density at radius 3 is 2.33 bits per heavy atom. The summed E-state index contributed by atoms with van der Waals surface area (Å²) in [5.74, 6) is -1.35. The van der Waals surface area contributed by atoms with E-state index in [4.69, 9.17) is 20.4 Å². The zero-order valence-corrected chi connectivity index (χ0v) is 6.12. The molecular weight excluding hydrogens is 168 g/mol. The van der Waals surface area contributed by atoms with E-state index in [0.717, 1.165) is 0 Å². The largest absolute Gasteiger partial charge is 0.479 e. The molecule has 1 heterocycles. The van der Waals surface area contributed by atoms with Gasteiger partial charge in [0.1, 0.15) is 18.3 Å². The molecule has 0 aromatic rings. The Balaban J connectivity index is 2.65. The molecule has 1 rings (SSSR count). The molecule has 0 saturated carbocycles. The molecule has 4 atom stereocenters. The van der Waals surface area contributed by atoms with Crippen molar-refractivity contribution in [1.29, 1.82) is 0 Å². The predicted molar refractivity (Wildman–Crippen MR) is 35.4 cm³/mol. The van der Waals surface area contributed by atoms with Crippen molar-refractivity contribution < 1.29 is 30.0 Å². The molecule has 6 heteroatoms. The van der Waals surface area contributed by atoms with Gasteiger partial charge in [-0.1, -0.05) is 0 Å². The van der Waals surface area contributed by atoms with Crippen molar-refractivity contribution in [1.82, 2.24) is 0 Å². The first kappa shape index (κ1) is 9.40. The molecule has 0 bridgehead atoms. The van der Waals surface area contributed by atoms with Crippen LogP contribution in [0.3, 0.4) is 0 Å². The van der Waals surface area contributed by atoms with E-state index in [1.807, 2.05) is 0 Å². The average Bonchev–Trinajstić information content (AvgIpc) is 2.00. The van der Waals surface area contributed by atoms with Crippen molar-refractivity contribution in [3.05, 3.63) is 0 Å². The number of hydrogen-bond donors (Lipinski definition) is 4. The summed E-state index contributed by atoms with van der Waals surface area (Å²) in [6.45, 7) is -0.283. The van der Waals surface area contributed by atoms with Crippen molar-refractivity contribution in [3.8, 4) is 0 Å². The number of ether oxygens (including phenoxy) is 1. The van der Waals surface area contributed by atoms with E-state index in [2.05, 4.69) is 4.74 Å². The van der Waals surface area contributed by atoms with Crippen LogP contribution in [0.5, 0.6) is 0 Å². The number of hydrogen-bond acceptors (Lipinski definition) is 5. The van der Waals surface area contributed by atoms with Crippen LogP contribution >= 0.6 is 0 Å². The van der Waals surface area contributed by atoms with Crippen LogP contribution in [0.1, 0.15) is 0 Å². The standard InChI is InChI=1S/C6H10O6/c7-2-1-12-5(6(10)11)4(9)3(2)8/h2-5,7-9H,1H2,(H,10,11)/t2-,3+,4-,5-/m0/s1. The molecule has 4 N–H and O–H groups in total. The van der Waals surface area contributed by atoms with Gasteiger partial charge in [0, 0.05) is 0 Å². The first-order valence-electron chi connectivity index (χ1n) is 3.42.